The smallest absolute Gasteiger partial charge is 0.407 e. The highest BCUT2D eigenvalue weighted by molar-refractivity contribution is 5.67. The van der Waals surface area contributed by atoms with E-state index in [9.17, 15) is 4.79 Å². The van der Waals surface area contributed by atoms with Crippen LogP contribution in [0.15, 0.2) is 30.3 Å². The zero-order valence-electron chi connectivity index (χ0n) is 13.5. The van der Waals surface area contributed by atoms with E-state index in [1.807, 2.05) is 37.3 Å². The molecule has 3 nitrogen and oxygen atoms in total. The van der Waals surface area contributed by atoms with Gasteiger partial charge in [0.05, 0.1) is 0 Å². The van der Waals surface area contributed by atoms with Gasteiger partial charge in [-0.1, -0.05) is 71.4 Å². The molecule has 0 aromatic heterocycles. The highest BCUT2D eigenvalue weighted by Gasteiger charge is 2.03. The third kappa shape index (κ3) is 11.6. The lowest BCUT2D eigenvalue weighted by molar-refractivity contribution is 0.139. The molecule has 1 N–H and O–H groups in total. The van der Waals surface area contributed by atoms with Crippen molar-refractivity contribution in [3.05, 3.63) is 35.9 Å². The summed E-state index contributed by atoms with van der Waals surface area (Å²) in [5.74, 6) is 0. The van der Waals surface area contributed by atoms with Gasteiger partial charge in [-0.25, -0.2) is 4.79 Å². The Bertz CT molecular complexity index is 355. The average Bonchev–Trinajstić information content (AvgIpc) is 2.44. The van der Waals surface area contributed by atoms with E-state index in [-0.39, 0.29) is 6.09 Å². The van der Waals surface area contributed by atoms with Gasteiger partial charge in [0.1, 0.15) is 6.61 Å². The van der Waals surface area contributed by atoms with Gasteiger partial charge in [0, 0.05) is 6.54 Å². The molecule has 0 aliphatic heterocycles. The maximum Gasteiger partial charge on any atom is 0.407 e. The molecule has 0 aliphatic rings. The maximum absolute atomic E-state index is 11.0. The van der Waals surface area contributed by atoms with Crippen LogP contribution in [0.2, 0.25) is 0 Å². The minimum Gasteiger partial charge on any atom is -0.445 e. The number of rotatable bonds is 4. The molecule has 1 aromatic rings. The zero-order valence-corrected chi connectivity index (χ0v) is 13.5. The number of carbonyl (C=O) groups excluding carboxylic acids is 1. The Morgan fingerprint density at radius 2 is 1.70 bits per heavy atom. The Kier molecular flexibility index (Phi) is 9.52. The summed E-state index contributed by atoms with van der Waals surface area (Å²) in [6.07, 6.45) is 1.84. The van der Waals surface area contributed by atoms with Crippen LogP contribution in [0.4, 0.5) is 4.79 Å². The van der Waals surface area contributed by atoms with Crippen LogP contribution in [0, 0.1) is 5.41 Å². The molecule has 0 atom stereocenters. The van der Waals surface area contributed by atoms with Crippen molar-refractivity contribution in [1.29, 1.82) is 0 Å². The average molecular weight is 279 g/mol. The second-order valence-electron chi connectivity index (χ2n) is 5.90. The predicted octanol–water partition coefficient (Wildman–Crippen LogP) is 4.77. The van der Waals surface area contributed by atoms with Gasteiger partial charge >= 0.3 is 6.09 Å². The third-order valence-corrected chi connectivity index (χ3v) is 2.79. The first-order valence-electron chi connectivity index (χ1n) is 7.33. The largest absolute Gasteiger partial charge is 0.445 e. The molecule has 0 saturated carbocycles. The first-order chi connectivity index (χ1) is 9.39. The topological polar surface area (TPSA) is 38.3 Å². The summed E-state index contributed by atoms with van der Waals surface area (Å²) in [6.45, 7) is 11.9. The fourth-order valence-electron chi connectivity index (χ4n) is 1.00. The van der Waals surface area contributed by atoms with Gasteiger partial charge in [-0.05, 0) is 17.4 Å². The van der Waals surface area contributed by atoms with E-state index < -0.39 is 0 Å². The standard InChI is InChI=1S/C11H15NO2.C6H14/c1-2-8-12-11(13)14-9-10-6-4-3-5-7-10;1-5-6(2,3)4/h3-7H,2,8-9H2,1H3,(H,12,13);5H2,1-4H3. The molecular weight excluding hydrogens is 250 g/mol. The van der Waals surface area contributed by atoms with Crippen molar-refractivity contribution in [2.75, 3.05) is 6.54 Å². The van der Waals surface area contributed by atoms with E-state index in [1.54, 1.807) is 0 Å². The van der Waals surface area contributed by atoms with Crippen LogP contribution in [0.25, 0.3) is 0 Å². The SMILES string of the molecule is CCC(C)(C)C.CCCNC(=O)OCc1ccccc1. The second-order valence-corrected chi connectivity index (χ2v) is 5.90. The van der Waals surface area contributed by atoms with E-state index in [2.05, 4.69) is 33.0 Å². The zero-order chi connectivity index (χ0) is 15.4. The minimum atomic E-state index is -0.351. The Morgan fingerprint density at radius 1 is 1.15 bits per heavy atom. The van der Waals surface area contributed by atoms with E-state index >= 15 is 0 Å². The minimum absolute atomic E-state index is 0.330. The third-order valence-electron chi connectivity index (χ3n) is 2.79. The van der Waals surface area contributed by atoms with Crippen LogP contribution >= 0.6 is 0 Å². The van der Waals surface area contributed by atoms with Crippen LogP contribution in [0.3, 0.4) is 0 Å². The lowest BCUT2D eigenvalue weighted by atomic mass is 9.94. The van der Waals surface area contributed by atoms with Crippen LogP contribution in [-0.2, 0) is 11.3 Å². The Labute approximate surface area is 123 Å². The molecule has 114 valence electrons. The lowest BCUT2D eigenvalue weighted by Gasteiger charge is -2.12. The van der Waals surface area contributed by atoms with Crippen molar-refractivity contribution in [3.8, 4) is 0 Å². The first kappa shape index (κ1) is 18.5. The van der Waals surface area contributed by atoms with Gasteiger partial charge < -0.3 is 10.1 Å². The molecule has 1 aromatic carbocycles. The monoisotopic (exact) mass is 279 g/mol. The quantitative estimate of drug-likeness (QED) is 0.862. The number of amides is 1. The Balaban J connectivity index is 0.000000511. The van der Waals surface area contributed by atoms with Crippen LogP contribution in [-0.4, -0.2) is 12.6 Å². The molecule has 0 spiro atoms. The van der Waals surface area contributed by atoms with Gasteiger partial charge in [-0.2, -0.15) is 0 Å². The van der Waals surface area contributed by atoms with Crippen LogP contribution in [0.1, 0.15) is 53.0 Å². The Morgan fingerprint density at radius 3 is 2.15 bits per heavy atom. The number of hydrogen-bond acceptors (Lipinski definition) is 2. The fourth-order valence-corrected chi connectivity index (χ4v) is 1.00. The van der Waals surface area contributed by atoms with Gasteiger partial charge in [0.15, 0.2) is 0 Å². The number of alkyl carbamates (subject to hydrolysis) is 1. The molecule has 0 bridgehead atoms. The molecule has 0 radical (unpaired) electrons. The first-order valence-corrected chi connectivity index (χ1v) is 7.33. The fraction of sp³-hybridized carbons (Fsp3) is 0.588. The van der Waals surface area contributed by atoms with Crippen molar-refractivity contribution in [2.45, 2.75) is 54.1 Å². The number of ether oxygens (including phenoxy) is 1. The van der Waals surface area contributed by atoms with Gasteiger partial charge in [-0.15, -0.1) is 0 Å². The number of benzene rings is 1. The van der Waals surface area contributed by atoms with Crippen molar-refractivity contribution >= 4 is 6.09 Å². The number of carbonyl (C=O) groups is 1. The second kappa shape index (κ2) is 10.3. The number of nitrogens with one attached hydrogen (secondary N) is 1. The summed E-state index contributed by atoms with van der Waals surface area (Å²) < 4.78 is 4.98. The van der Waals surface area contributed by atoms with E-state index in [1.165, 1.54) is 6.42 Å². The van der Waals surface area contributed by atoms with Crippen molar-refractivity contribution in [3.63, 3.8) is 0 Å². The molecule has 1 rings (SSSR count). The summed E-state index contributed by atoms with van der Waals surface area (Å²) in [4.78, 5) is 11.0. The molecule has 1 amide bonds. The molecule has 0 fully saturated rings. The lowest BCUT2D eigenvalue weighted by Crippen LogP contribution is -2.24. The van der Waals surface area contributed by atoms with Crippen LogP contribution in [0.5, 0.6) is 0 Å². The molecule has 0 aliphatic carbocycles. The van der Waals surface area contributed by atoms with E-state index in [4.69, 9.17) is 4.74 Å². The summed E-state index contributed by atoms with van der Waals surface area (Å²) >= 11 is 0. The van der Waals surface area contributed by atoms with E-state index in [0.29, 0.717) is 18.6 Å². The summed E-state index contributed by atoms with van der Waals surface area (Å²) in [7, 11) is 0. The highest BCUT2D eigenvalue weighted by atomic mass is 16.5. The van der Waals surface area contributed by atoms with Crippen LogP contribution < -0.4 is 5.32 Å². The maximum atomic E-state index is 11.0. The number of hydrogen-bond donors (Lipinski definition) is 1. The summed E-state index contributed by atoms with van der Waals surface area (Å²) in [5, 5.41) is 2.64. The van der Waals surface area contributed by atoms with Gasteiger partial charge in [0.2, 0.25) is 0 Å². The highest BCUT2D eigenvalue weighted by Crippen LogP contribution is 2.16. The predicted molar refractivity (Wildman–Crippen MR) is 84.7 cm³/mol. The molecule has 0 unspecified atom stereocenters. The molecule has 0 heterocycles. The normalized spacial score (nSPS) is 10.2. The molecule has 20 heavy (non-hydrogen) atoms. The van der Waals surface area contributed by atoms with Crippen molar-refractivity contribution < 1.29 is 9.53 Å². The Hall–Kier alpha value is -1.51. The molecule has 0 saturated heterocycles. The van der Waals surface area contributed by atoms with Crippen molar-refractivity contribution in [2.24, 2.45) is 5.41 Å². The molecule has 3 heteroatoms. The van der Waals surface area contributed by atoms with Gasteiger partial charge in [0.25, 0.3) is 0 Å². The molecular formula is C17H29NO2. The van der Waals surface area contributed by atoms with Gasteiger partial charge in [-0.3, -0.25) is 0 Å². The summed E-state index contributed by atoms with van der Waals surface area (Å²) in [6, 6.07) is 9.62. The summed E-state index contributed by atoms with van der Waals surface area (Å²) in [5.41, 5.74) is 1.54. The van der Waals surface area contributed by atoms with Crippen molar-refractivity contribution in [1.82, 2.24) is 5.32 Å². The van der Waals surface area contributed by atoms with E-state index in [0.717, 1.165) is 12.0 Å².